The average Bonchev–Trinajstić information content (AvgIpc) is 2.55. The van der Waals surface area contributed by atoms with Crippen LogP contribution in [0.15, 0.2) is 48.5 Å². The first kappa shape index (κ1) is 15.6. The van der Waals surface area contributed by atoms with Gasteiger partial charge < -0.3 is 9.80 Å². The number of hydrogen-bond acceptors (Lipinski definition) is 2. The monoisotopic (exact) mass is 316 g/mol. The smallest absolute Gasteiger partial charge is 0.257 e. The van der Waals surface area contributed by atoms with Crippen molar-refractivity contribution in [3.8, 4) is 0 Å². The van der Waals surface area contributed by atoms with Crippen LogP contribution in [0.4, 0.5) is 8.78 Å². The summed E-state index contributed by atoms with van der Waals surface area (Å²) in [6.45, 7) is 1.90. The molecule has 2 aromatic rings. The fraction of sp³-hybridized carbons (Fsp3) is 0.278. The van der Waals surface area contributed by atoms with Crippen molar-refractivity contribution >= 4 is 5.91 Å². The van der Waals surface area contributed by atoms with E-state index in [1.165, 1.54) is 6.07 Å². The minimum atomic E-state index is -0.819. The zero-order chi connectivity index (χ0) is 16.4. The number of carbonyl (C=O) groups excluding carboxylic acids is 1. The van der Waals surface area contributed by atoms with Crippen LogP contribution in [0.1, 0.15) is 22.0 Å². The fourth-order valence-electron chi connectivity index (χ4n) is 2.94. The second kappa shape index (κ2) is 6.46. The molecule has 0 spiro atoms. The lowest BCUT2D eigenvalue weighted by Gasteiger charge is -2.40. The summed E-state index contributed by atoms with van der Waals surface area (Å²) in [6.07, 6.45) is 0. The van der Waals surface area contributed by atoms with Gasteiger partial charge in [-0.25, -0.2) is 8.78 Å². The summed E-state index contributed by atoms with van der Waals surface area (Å²) in [6, 6.07) is 12.6. The Kier molecular flexibility index (Phi) is 4.39. The molecule has 1 aliphatic rings. The minimum absolute atomic E-state index is 0.0862. The van der Waals surface area contributed by atoms with E-state index in [1.54, 1.807) is 4.90 Å². The van der Waals surface area contributed by atoms with Crippen LogP contribution in [0.3, 0.4) is 0 Å². The van der Waals surface area contributed by atoms with Crippen LogP contribution in [-0.2, 0) is 0 Å². The maximum atomic E-state index is 14.0. The normalized spacial score (nSPS) is 18.9. The first-order valence-electron chi connectivity index (χ1n) is 7.56. The van der Waals surface area contributed by atoms with Gasteiger partial charge in [-0.15, -0.1) is 0 Å². The Bertz CT molecular complexity index is 705. The van der Waals surface area contributed by atoms with Crippen molar-refractivity contribution in [1.29, 1.82) is 0 Å². The van der Waals surface area contributed by atoms with Crippen molar-refractivity contribution in [1.82, 2.24) is 9.80 Å². The van der Waals surface area contributed by atoms with Crippen LogP contribution >= 0.6 is 0 Å². The highest BCUT2D eigenvalue weighted by Crippen LogP contribution is 2.27. The van der Waals surface area contributed by atoms with Gasteiger partial charge in [0.25, 0.3) is 5.91 Å². The molecule has 1 atom stereocenters. The maximum Gasteiger partial charge on any atom is 0.257 e. The molecule has 2 aromatic carbocycles. The molecule has 1 unspecified atom stereocenters. The Hall–Kier alpha value is -2.27. The van der Waals surface area contributed by atoms with Gasteiger partial charge in [-0.2, -0.15) is 0 Å². The summed E-state index contributed by atoms with van der Waals surface area (Å²) >= 11 is 0. The van der Waals surface area contributed by atoms with E-state index in [2.05, 4.69) is 4.90 Å². The molecule has 0 bridgehead atoms. The molecular formula is C18H18F2N2O. The molecule has 0 aliphatic carbocycles. The number of amides is 1. The van der Waals surface area contributed by atoms with Crippen molar-refractivity contribution in [3.63, 3.8) is 0 Å². The lowest BCUT2D eigenvalue weighted by atomic mass is 10.0. The summed E-state index contributed by atoms with van der Waals surface area (Å²) in [5.74, 6) is -1.90. The fourth-order valence-corrected chi connectivity index (χ4v) is 2.94. The molecule has 0 N–H and O–H groups in total. The standard InChI is InChI=1S/C18H18F2N2O/c1-21-9-10-22(17(12-21)13-5-3-2-4-6-13)18(23)15-8-7-14(19)11-16(15)20/h2-8,11,17H,9-10,12H2,1H3. The number of rotatable bonds is 2. The molecule has 1 saturated heterocycles. The minimum Gasteiger partial charge on any atom is -0.329 e. The first-order chi connectivity index (χ1) is 11.1. The van der Waals surface area contributed by atoms with Crippen LogP contribution in [-0.4, -0.2) is 42.4 Å². The zero-order valence-electron chi connectivity index (χ0n) is 12.9. The van der Waals surface area contributed by atoms with Crippen LogP contribution in [0, 0.1) is 11.6 Å². The number of benzene rings is 2. The van der Waals surface area contributed by atoms with Gasteiger partial charge in [0, 0.05) is 25.7 Å². The van der Waals surface area contributed by atoms with Crippen LogP contribution in [0.5, 0.6) is 0 Å². The molecule has 1 heterocycles. The Morgan fingerprint density at radius 2 is 1.83 bits per heavy atom. The molecule has 1 fully saturated rings. The summed E-state index contributed by atoms with van der Waals surface area (Å²) in [7, 11) is 2.00. The van der Waals surface area contributed by atoms with Crippen molar-refractivity contribution in [3.05, 3.63) is 71.3 Å². The molecule has 1 amide bonds. The third kappa shape index (κ3) is 3.24. The third-order valence-electron chi connectivity index (χ3n) is 4.19. The number of nitrogens with zero attached hydrogens (tertiary/aromatic N) is 2. The van der Waals surface area contributed by atoms with Crippen LogP contribution in [0.2, 0.25) is 0 Å². The molecule has 1 aliphatic heterocycles. The van der Waals surface area contributed by atoms with E-state index >= 15 is 0 Å². The Morgan fingerprint density at radius 1 is 1.09 bits per heavy atom. The number of likely N-dealkylation sites (N-methyl/N-ethyl adjacent to an activating group) is 1. The highest BCUT2D eigenvalue weighted by atomic mass is 19.1. The van der Waals surface area contributed by atoms with Gasteiger partial charge in [0.05, 0.1) is 11.6 Å². The highest BCUT2D eigenvalue weighted by molar-refractivity contribution is 5.94. The second-order valence-corrected chi connectivity index (χ2v) is 5.81. The largest absolute Gasteiger partial charge is 0.329 e. The van der Waals surface area contributed by atoms with Crippen molar-refractivity contribution < 1.29 is 13.6 Å². The van der Waals surface area contributed by atoms with Gasteiger partial charge in [-0.1, -0.05) is 30.3 Å². The Labute approximate surface area is 134 Å². The summed E-state index contributed by atoms with van der Waals surface area (Å²) < 4.78 is 27.0. The van der Waals surface area contributed by atoms with Crippen molar-refractivity contribution in [2.75, 3.05) is 26.7 Å². The van der Waals surface area contributed by atoms with Crippen LogP contribution in [0.25, 0.3) is 0 Å². The third-order valence-corrected chi connectivity index (χ3v) is 4.19. The van der Waals surface area contributed by atoms with Crippen LogP contribution < -0.4 is 0 Å². The molecule has 0 aromatic heterocycles. The molecule has 0 radical (unpaired) electrons. The van der Waals surface area contributed by atoms with E-state index in [0.29, 0.717) is 13.1 Å². The SMILES string of the molecule is CN1CCN(C(=O)c2ccc(F)cc2F)C(c2ccccc2)C1. The van der Waals surface area contributed by atoms with E-state index in [-0.39, 0.29) is 11.6 Å². The van der Waals surface area contributed by atoms with Crippen molar-refractivity contribution in [2.24, 2.45) is 0 Å². The van der Waals surface area contributed by atoms with Gasteiger partial charge in [-0.05, 0) is 24.7 Å². The average molecular weight is 316 g/mol. The number of halogens is 2. The molecule has 120 valence electrons. The van der Waals surface area contributed by atoms with Gasteiger partial charge in [0.2, 0.25) is 0 Å². The zero-order valence-corrected chi connectivity index (χ0v) is 12.9. The van der Waals surface area contributed by atoms with E-state index < -0.39 is 17.5 Å². The number of piperazine rings is 1. The lowest BCUT2D eigenvalue weighted by molar-refractivity contribution is 0.0493. The maximum absolute atomic E-state index is 14.0. The van der Waals surface area contributed by atoms with Gasteiger partial charge in [0.1, 0.15) is 11.6 Å². The summed E-state index contributed by atoms with van der Waals surface area (Å²) in [4.78, 5) is 16.6. The molecule has 3 nitrogen and oxygen atoms in total. The number of hydrogen-bond donors (Lipinski definition) is 0. The second-order valence-electron chi connectivity index (χ2n) is 5.81. The van der Waals surface area contributed by atoms with Gasteiger partial charge in [-0.3, -0.25) is 4.79 Å². The lowest BCUT2D eigenvalue weighted by Crippen LogP contribution is -2.49. The van der Waals surface area contributed by atoms with E-state index in [0.717, 1.165) is 24.2 Å². The summed E-state index contributed by atoms with van der Waals surface area (Å²) in [5.41, 5.74) is 0.923. The molecule has 5 heteroatoms. The van der Waals surface area contributed by atoms with Gasteiger partial charge >= 0.3 is 0 Å². The topological polar surface area (TPSA) is 23.6 Å². The Balaban J connectivity index is 1.93. The predicted octanol–water partition coefficient (Wildman–Crippen LogP) is 3.09. The molecular weight excluding hydrogens is 298 g/mol. The Morgan fingerprint density at radius 3 is 2.52 bits per heavy atom. The van der Waals surface area contributed by atoms with E-state index in [1.807, 2.05) is 37.4 Å². The molecule has 3 rings (SSSR count). The quantitative estimate of drug-likeness (QED) is 0.850. The van der Waals surface area contributed by atoms with Gasteiger partial charge in [0.15, 0.2) is 0 Å². The van der Waals surface area contributed by atoms with E-state index in [9.17, 15) is 13.6 Å². The van der Waals surface area contributed by atoms with Crippen molar-refractivity contribution in [2.45, 2.75) is 6.04 Å². The first-order valence-corrected chi connectivity index (χ1v) is 7.56. The van der Waals surface area contributed by atoms with E-state index in [4.69, 9.17) is 0 Å². The summed E-state index contributed by atoms with van der Waals surface area (Å²) in [5, 5.41) is 0. The molecule has 0 saturated carbocycles. The molecule has 23 heavy (non-hydrogen) atoms. The predicted molar refractivity (Wildman–Crippen MR) is 84.1 cm³/mol. The number of carbonyl (C=O) groups is 1. The highest BCUT2D eigenvalue weighted by Gasteiger charge is 2.31.